The monoisotopic (exact) mass is 400 g/mol. The fourth-order valence-electron chi connectivity index (χ4n) is 2.55. The molecule has 0 radical (unpaired) electrons. The number of thiocarbonyl (C=S) groups is 1. The predicted molar refractivity (Wildman–Crippen MR) is 109 cm³/mol. The topological polar surface area (TPSA) is 67.4 Å². The molecule has 3 rings (SSSR count). The van der Waals surface area contributed by atoms with Gasteiger partial charge in [0.2, 0.25) is 0 Å². The zero-order chi connectivity index (χ0) is 19.6. The first-order valence-corrected chi connectivity index (χ1v) is 8.99. The molecule has 0 atom stereocenters. The lowest BCUT2D eigenvalue weighted by Gasteiger charge is -2.16. The zero-order valence-corrected chi connectivity index (χ0v) is 16.3. The van der Waals surface area contributed by atoms with Crippen LogP contribution in [0.2, 0.25) is 5.02 Å². The standard InChI is InChI=1S/C20H17ClN2O3S/c1-11-3-4-14(7-12(11)2)10-26-17-6-5-13(9-16(17)21)8-15-18(24)22-20(27)23-19(15)25/h3-9H,10H2,1-2H3,(H2,22,23,24,25,27). The van der Waals surface area contributed by atoms with E-state index in [0.29, 0.717) is 22.9 Å². The minimum Gasteiger partial charge on any atom is -0.487 e. The van der Waals surface area contributed by atoms with Crippen LogP contribution < -0.4 is 15.4 Å². The maximum Gasteiger partial charge on any atom is 0.263 e. The minimum atomic E-state index is -0.546. The molecule has 1 aliphatic rings. The van der Waals surface area contributed by atoms with Crippen LogP contribution >= 0.6 is 23.8 Å². The number of ether oxygens (including phenoxy) is 1. The van der Waals surface area contributed by atoms with Gasteiger partial charge in [-0.1, -0.05) is 35.9 Å². The molecule has 2 N–H and O–H groups in total. The Hall–Kier alpha value is -2.70. The second-order valence-electron chi connectivity index (χ2n) is 6.19. The van der Waals surface area contributed by atoms with Crippen molar-refractivity contribution in [2.24, 2.45) is 0 Å². The number of amides is 2. The molecule has 0 unspecified atom stereocenters. The number of hydrogen-bond acceptors (Lipinski definition) is 4. The third-order valence-electron chi connectivity index (χ3n) is 4.18. The Balaban J connectivity index is 1.74. The molecule has 0 aromatic heterocycles. The Morgan fingerprint density at radius 2 is 1.74 bits per heavy atom. The van der Waals surface area contributed by atoms with E-state index in [0.717, 1.165) is 5.56 Å². The molecule has 0 spiro atoms. The maximum absolute atomic E-state index is 11.9. The summed E-state index contributed by atoms with van der Waals surface area (Å²) in [5.41, 5.74) is 4.04. The van der Waals surface area contributed by atoms with Crippen molar-refractivity contribution in [3.05, 3.63) is 69.2 Å². The lowest BCUT2D eigenvalue weighted by Crippen LogP contribution is -2.51. The van der Waals surface area contributed by atoms with E-state index in [9.17, 15) is 9.59 Å². The summed E-state index contributed by atoms with van der Waals surface area (Å²) in [5, 5.41) is 5.16. The van der Waals surface area contributed by atoms with Crippen LogP contribution in [0.25, 0.3) is 6.08 Å². The summed E-state index contributed by atoms with van der Waals surface area (Å²) in [7, 11) is 0. The highest BCUT2D eigenvalue weighted by atomic mass is 35.5. The van der Waals surface area contributed by atoms with Gasteiger partial charge >= 0.3 is 0 Å². The molecule has 0 bridgehead atoms. The first kappa shape index (κ1) is 19.1. The molecule has 0 saturated carbocycles. The molecular weight excluding hydrogens is 384 g/mol. The average Bonchev–Trinajstić information content (AvgIpc) is 2.60. The van der Waals surface area contributed by atoms with Crippen molar-refractivity contribution in [3.63, 3.8) is 0 Å². The maximum atomic E-state index is 11.9. The van der Waals surface area contributed by atoms with E-state index in [1.165, 1.54) is 17.2 Å². The molecule has 2 aromatic rings. The number of rotatable bonds is 4. The summed E-state index contributed by atoms with van der Waals surface area (Å²) in [4.78, 5) is 23.8. The summed E-state index contributed by atoms with van der Waals surface area (Å²) in [6.45, 7) is 4.51. The third kappa shape index (κ3) is 4.53. The van der Waals surface area contributed by atoms with E-state index in [1.807, 2.05) is 6.07 Å². The number of carbonyl (C=O) groups is 2. The highest BCUT2D eigenvalue weighted by Gasteiger charge is 2.25. The Labute approximate surface area is 167 Å². The fourth-order valence-corrected chi connectivity index (χ4v) is 2.98. The van der Waals surface area contributed by atoms with Crippen LogP contribution in [0.3, 0.4) is 0 Å². The first-order valence-electron chi connectivity index (χ1n) is 8.20. The number of carbonyl (C=O) groups excluding carboxylic acids is 2. The number of nitrogens with one attached hydrogen (secondary N) is 2. The van der Waals surface area contributed by atoms with Crippen molar-refractivity contribution in [3.8, 4) is 5.75 Å². The van der Waals surface area contributed by atoms with Gasteiger partial charge in [0.15, 0.2) is 5.11 Å². The number of aryl methyl sites for hydroxylation is 2. The van der Waals surface area contributed by atoms with Gasteiger partial charge in [-0.2, -0.15) is 0 Å². The molecule has 5 nitrogen and oxygen atoms in total. The van der Waals surface area contributed by atoms with Crippen molar-refractivity contribution in [1.82, 2.24) is 10.6 Å². The van der Waals surface area contributed by atoms with E-state index in [4.69, 9.17) is 28.6 Å². The normalized spacial score (nSPS) is 13.9. The van der Waals surface area contributed by atoms with Crippen molar-refractivity contribution >= 4 is 46.8 Å². The first-order chi connectivity index (χ1) is 12.8. The quantitative estimate of drug-likeness (QED) is 0.468. The van der Waals surface area contributed by atoms with Gasteiger partial charge in [0, 0.05) is 0 Å². The van der Waals surface area contributed by atoms with Gasteiger partial charge in [0.1, 0.15) is 17.9 Å². The minimum absolute atomic E-state index is 0.00438. The van der Waals surface area contributed by atoms with Crippen LogP contribution in [0.1, 0.15) is 22.3 Å². The molecule has 27 heavy (non-hydrogen) atoms. The zero-order valence-electron chi connectivity index (χ0n) is 14.8. The molecule has 0 aliphatic carbocycles. The third-order valence-corrected chi connectivity index (χ3v) is 4.68. The van der Waals surface area contributed by atoms with Crippen molar-refractivity contribution in [2.45, 2.75) is 20.5 Å². The molecule has 2 amide bonds. The van der Waals surface area contributed by atoms with Gasteiger partial charge in [-0.3, -0.25) is 20.2 Å². The van der Waals surface area contributed by atoms with Crippen LogP contribution in [0.4, 0.5) is 0 Å². The Bertz CT molecular complexity index is 963. The van der Waals surface area contributed by atoms with Gasteiger partial charge in [-0.15, -0.1) is 0 Å². The van der Waals surface area contributed by atoms with Gasteiger partial charge < -0.3 is 4.74 Å². The molecule has 1 heterocycles. The van der Waals surface area contributed by atoms with Crippen LogP contribution in [-0.4, -0.2) is 16.9 Å². The Morgan fingerprint density at radius 3 is 2.37 bits per heavy atom. The summed E-state index contributed by atoms with van der Waals surface area (Å²) >= 11 is 11.1. The number of hydrogen-bond donors (Lipinski definition) is 2. The smallest absolute Gasteiger partial charge is 0.263 e. The lowest BCUT2D eigenvalue weighted by atomic mass is 10.1. The van der Waals surface area contributed by atoms with Crippen LogP contribution in [0, 0.1) is 13.8 Å². The van der Waals surface area contributed by atoms with E-state index >= 15 is 0 Å². The Kier molecular flexibility index (Phi) is 5.58. The highest BCUT2D eigenvalue weighted by molar-refractivity contribution is 7.80. The predicted octanol–water partition coefficient (Wildman–Crippen LogP) is 3.45. The SMILES string of the molecule is Cc1ccc(COc2ccc(C=C3C(=O)NC(=S)NC3=O)cc2Cl)cc1C. The van der Waals surface area contributed by atoms with E-state index in [2.05, 4.69) is 36.6 Å². The highest BCUT2D eigenvalue weighted by Crippen LogP contribution is 2.27. The molecular formula is C20H17ClN2O3S. The fraction of sp³-hybridized carbons (Fsp3) is 0.150. The lowest BCUT2D eigenvalue weighted by molar-refractivity contribution is -0.123. The van der Waals surface area contributed by atoms with E-state index < -0.39 is 11.8 Å². The Morgan fingerprint density at radius 1 is 1.04 bits per heavy atom. The summed E-state index contributed by atoms with van der Waals surface area (Å²) in [6.07, 6.45) is 1.45. The van der Waals surface area contributed by atoms with E-state index in [-0.39, 0.29) is 10.7 Å². The molecule has 138 valence electrons. The summed E-state index contributed by atoms with van der Waals surface area (Å²) in [5.74, 6) is -0.569. The largest absolute Gasteiger partial charge is 0.487 e. The van der Waals surface area contributed by atoms with Crippen molar-refractivity contribution < 1.29 is 14.3 Å². The van der Waals surface area contributed by atoms with E-state index in [1.54, 1.807) is 18.2 Å². The molecule has 2 aromatic carbocycles. The van der Waals surface area contributed by atoms with Gasteiger partial charge in [0.05, 0.1) is 5.02 Å². The average molecular weight is 401 g/mol. The van der Waals surface area contributed by atoms with Gasteiger partial charge in [0.25, 0.3) is 11.8 Å². The van der Waals surface area contributed by atoms with Crippen LogP contribution in [0.15, 0.2) is 42.0 Å². The molecule has 7 heteroatoms. The van der Waals surface area contributed by atoms with Crippen LogP contribution in [0.5, 0.6) is 5.75 Å². The second kappa shape index (κ2) is 7.90. The van der Waals surface area contributed by atoms with Crippen LogP contribution in [-0.2, 0) is 16.2 Å². The molecule has 1 aliphatic heterocycles. The summed E-state index contributed by atoms with van der Waals surface area (Å²) in [6, 6.07) is 11.2. The number of halogens is 1. The molecule has 1 saturated heterocycles. The summed E-state index contributed by atoms with van der Waals surface area (Å²) < 4.78 is 5.79. The van der Waals surface area contributed by atoms with Crippen molar-refractivity contribution in [2.75, 3.05) is 0 Å². The number of benzene rings is 2. The molecule has 1 fully saturated rings. The second-order valence-corrected chi connectivity index (χ2v) is 7.01. The van der Waals surface area contributed by atoms with Gasteiger partial charge in [-0.05, 0) is 66.5 Å². The van der Waals surface area contributed by atoms with Gasteiger partial charge in [-0.25, -0.2) is 0 Å². The van der Waals surface area contributed by atoms with Crippen molar-refractivity contribution in [1.29, 1.82) is 0 Å².